The lowest BCUT2D eigenvalue weighted by atomic mass is 10.1. The number of hydrogen-bond donors (Lipinski definition) is 3. The fourth-order valence-electron chi connectivity index (χ4n) is 5.81. The van der Waals surface area contributed by atoms with Crippen LogP contribution in [0.25, 0.3) is 0 Å². The van der Waals surface area contributed by atoms with Crippen molar-refractivity contribution in [3.05, 3.63) is 82.9 Å². The maximum absolute atomic E-state index is 13.9. The number of nitrogens with zero attached hydrogens (tertiary/aromatic N) is 5. The molecule has 0 radical (unpaired) electrons. The summed E-state index contributed by atoms with van der Waals surface area (Å²) in [5.41, 5.74) is 10.0. The van der Waals surface area contributed by atoms with E-state index in [1.54, 1.807) is 60.5 Å². The van der Waals surface area contributed by atoms with Gasteiger partial charge in [-0.2, -0.15) is 9.97 Å². The number of rotatable bonds is 10. The zero-order chi connectivity index (χ0) is 33.5. The normalized spacial score (nSPS) is 13.8. The van der Waals surface area contributed by atoms with E-state index in [-0.39, 0.29) is 41.2 Å². The highest BCUT2D eigenvalue weighted by atomic mass is 32.2. The van der Waals surface area contributed by atoms with E-state index in [1.807, 2.05) is 38.1 Å². The number of carbonyl (C=O) groups is 2. The quantitative estimate of drug-likeness (QED) is 0.230. The smallest absolute Gasteiger partial charge is 0.265 e. The Bertz CT molecular complexity index is 1980. The zero-order valence-corrected chi connectivity index (χ0v) is 27.4. The molecular formula is C33H36N8O5S. The van der Waals surface area contributed by atoms with Crippen LogP contribution >= 0.6 is 0 Å². The Hall–Kier alpha value is -5.21. The first-order chi connectivity index (χ1) is 22.5. The van der Waals surface area contributed by atoms with Crippen LogP contribution in [-0.2, 0) is 27.7 Å². The lowest BCUT2D eigenvalue weighted by Crippen LogP contribution is -2.36. The van der Waals surface area contributed by atoms with Crippen molar-refractivity contribution in [3.63, 3.8) is 0 Å². The van der Waals surface area contributed by atoms with Crippen LogP contribution in [0.3, 0.4) is 0 Å². The van der Waals surface area contributed by atoms with Gasteiger partial charge in [-0.05, 0) is 75.8 Å². The van der Waals surface area contributed by atoms with Crippen molar-refractivity contribution in [1.29, 1.82) is 0 Å². The van der Waals surface area contributed by atoms with Crippen LogP contribution in [0.15, 0.2) is 65.6 Å². The van der Waals surface area contributed by atoms with Crippen LogP contribution < -0.4 is 30.3 Å². The molecule has 2 aliphatic rings. The lowest BCUT2D eigenvalue weighted by molar-refractivity contribution is -0.119. The summed E-state index contributed by atoms with van der Waals surface area (Å²) in [6, 6.07) is 17.1. The summed E-state index contributed by atoms with van der Waals surface area (Å²) >= 11 is 0. The number of sulfonamides is 1. The first-order valence-corrected chi connectivity index (χ1v) is 16.5. The van der Waals surface area contributed by atoms with E-state index in [0.29, 0.717) is 47.9 Å². The number of ether oxygens (including phenoxy) is 1. The molecule has 4 N–H and O–H groups in total. The third kappa shape index (κ3) is 6.16. The fraction of sp³-hybridized carbons (Fsp3) is 0.273. The van der Waals surface area contributed by atoms with Gasteiger partial charge < -0.3 is 30.9 Å². The number of amides is 2. The van der Waals surface area contributed by atoms with E-state index in [0.717, 1.165) is 16.8 Å². The Morgan fingerprint density at radius 1 is 0.979 bits per heavy atom. The minimum atomic E-state index is -3.98. The number of nitrogens with one attached hydrogen (secondary N) is 2. The van der Waals surface area contributed by atoms with E-state index in [2.05, 4.69) is 10.6 Å². The second-order valence-electron chi connectivity index (χ2n) is 11.7. The Morgan fingerprint density at radius 3 is 2.43 bits per heavy atom. The highest BCUT2D eigenvalue weighted by Gasteiger charge is 2.35. The molecule has 0 spiro atoms. The molecule has 13 nitrogen and oxygen atoms in total. The predicted molar refractivity (Wildman–Crippen MR) is 181 cm³/mol. The van der Waals surface area contributed by atoms with Crippen LogP contribution in [-0.4, -0.2) is 75.9 Å². The minimum Gasteiger partial charge on any atom is -0.495 e. The number of aryl methyl sites for hydroxylation is 1. The molecule has 0 aliphatic carbocycles. The van der Waals surface area contributed by atoms with Crippen LogP contribution in [0.2, 0.25) is 0 Å². The van der Waals surface area contributed by atoms with Crippen molar-refractivity contribution in [1.82, 2.24) is 14.9 Å². The molecule has 0 saturated heterocycles. The second-order valence-corrected chi connectivity index (χ2v) is 13.6. The third-order valence-electron chi connectivity index (χ3n) is 8.14. The van der Waals surface area contributed by atoms with Gasteiger partial charge in [0.15, 0.2) is 5.82 Å². The number of carbonyl (C=O) groups excluding carboxylic acids is 2. The summed E-state index contributed by atoms with van der Waals surface area (Å²) in [5.74, 6) is 0.441. The van der Waals surface area contributed by atoms with Crippen LogP contribution in [0.4, 0.5) is 34.6 Å². The van der Waals surface area contributed by atoms with Gasteiger partial charge in [0.05, 0.1) is 35.5 Å². The first kappa shape index (κ1) is 31.8. The highest BCUT2D eigenvalue weighted by molar-refractivity contribution is 7.92. The molecule has 3 heterocycles. The van der Waals surface area contributed by atoms with Crippen molar-refractivity contribution >= 4 is 56.5 Å². The summed E-state index contributed by atoms with van der Waals surface area (Å²) in [6.07, 6.45) is 1.01. The van der Waals surface area contributed by atoms with Gasteiger partial charge in [-0.25, -0.2) is 12.7 Å². The van der Waals surface area contributed by atoms with Gasteiger partial charge in [-0.1, -0.05) is 29.8 Å². The Labute approximate surface area is 273 Å². The number of methoxy groups -OCH3 is 1. The minimum absolute atomic E-state index is 0.0322. The Kier molecular flexibility index (Phi) is 8.47. The number of aromatic nitrogens is 2. The monoisotopic (exact) mass is 656 g/mol. The number of anilines is 6. The molecular weight excluding hydrogens is 620 g/mol. The molecule has 0 unspecified atom stereocenters. The molecule has 0 saturated carbocycles. The zero-order valence-electron chi connectivity index (χ0n) is 26.6. The van der Waals surface area contributed by atoms with E-state index in [4.69, 9.17) is 20.4 Å². The van der Waals surface area contributed by atoms with E-state index in [9.17, 15) is 18.0 Å². The number of benzene rings is 3. The number of nitrogens with two attached hydrogens (primary N) is 1. The maximum atomic E-state index is 13.9. The molecule has 0 bridgehead atoms. The van der Waals surface area contributed by atoms with E-state index < -0.39 is 15.9 Å². The first-order valence-electron chi connectivity index (χ1n) is 15.1. The molecule has 0 fully saturated rings. The van der Waals surface area contributed by atoms with Gasteiger partial charge in [0.1, 0.15) is 11.6 Å². The van der Waals surface area contributed by atoms with Crippen LogP contribution in [0.5, 0.6) is 5.75 Å². The molecule has 0 atom stereocenters. The van der Waals surface area contributed by atoms with Crippen molar-refractivity contribution < 1.29 is 22.7 Å². The Morgan fingerprint density at radius 2 is 1.72 bits per heavy atom. The maximum Gasteiger partial charge on any atom is 0.265 e. The summed E-state index contributed by atoms with van der Waals surface area (Å²) in [5, 5.41) is 6.43. The molecule has 47 heavy (non-hydrogen) atoms. The number of para-hydroxylation sites is 1. The summed E-state index contributed by atoms with van der Waals surface area (Å²) in [4.78, 5) is 38.4. The van der Waals surface area contributed by atoms with Crippen molar-refractivity contribution in [2.45, 2.75) is 24.7 Å². The second kappa shape index (κ2) is 12.5. The molecule has 244 valence electrons. The van der Waals surface area contributed by atoms with Crippen LogP contribution in [0, 0.1) is 6.92 Å². The van der Waals surface area contributed by atoms with Gasteiger partial charge in [0.25, 0.3) is 15.9 Å². The van der Waals surface area contributed by atoms with Crippen molar-refractivity contribution in [2.24, 2.45) is 5.73 Å². The molecule has 2 aliphatic heterocycles. The topological polar surface area (TPSA) is 163 Å². The lowest BCUT2D eigenvalue weighted by Gasteiger charge is -2.22. The van der Waals surface area contributed by atoms with Crippen LogP contribution in [0.1, 0.15) is 27.0 Å². The number of primary amides is 1. The largest absolute Gasteiger partial charge is 0.495 e. The van der Waals surface area contributed by atoms with Crippen molar-refractivity contribution in [2.75, 3.05) is 60.7 Å². The molecule has 3 aromatic carbocycles. The average Bonchev–Trinajstić information content (AvgIpc) is 3.65. The van der Waals surface area contributed by atoms with Gasteiger partial charge in [-0.3, -0.25) is 9.59 Å². The fourth-order valence-corrected chi connectivity index (χ4v) is 7.25. The number of likely N-dealkylation sites (N-methyl/N-ethyl adjacent to an activating group) is 1. The Balaban J connectivity index is 1.45. The molecule has 2 amide bonds. The third-order valence-corrected chi connectivity index (χ3v) is 9.94. The van der Waals surface area contributed by atoms with E-state index >= 15 is 0 Å². The summed E-state index contributed by atoms with van der Waals surface area (Å²) in [6.45, 7) is 2.83. The molecule has 6 rings (SSSR count). The summed E-state index contributed by atoms with van der Waals surface area (Å²) in [7, 11) is 1.26. The van der Waals surface area contributed by atoms with Crippen molar-refractivity contribution in [3.8, 4) is 5.75 Å². The standard InChI is InChI=1S/C33H36N8O5S/c1-20-9-11-22(12-10-20)47(44,45)41-16-14-24-31(35-25-8-6-5-7-23(25)30(34)43)37-33(38-32(24)41)36-26-18-27-21(17-28(26)46-4)13-15-40(27)29(42)19-39(2)3/h5-12,17-18H,13-16,19H2,1-4H3,(H2,34,43)(H2,35,36,37,38). The highest BCUT2D eigenvalue weighted by Crippen LogP contribution is 2.41. The number of hydrogen-bond acceptors (Lipinski definition) is 10. The molecule has 4 aromatic rings. The number of fused-ring (bicyclic) bond motifs is 2. The molecule has 14 heteroatoms. The predicted octanol–water partition coefficient (Wildman–Crippen LogP) is 3.58. The average molecular weight is 657 g/mol. The van der Waals surface area contributed by atoms with Gasteiger partial charge in [0, 0.05) is 24.3 Å². The summed E-state index contributed by atoms with van der Waals surface area (Å²) < 4.78 is 34.8. The van der Waals surface area contributed by atoms with Gasteiger partial charge in [0.2, 0.25) is 11.9 Å². The molecule has 1 aromatic heterocycles. The van der Waals surface area contributed by atoms with E-state index in [1.165, 1.54) is 4.31 Å². The van der Waals surface area contributed by atoms with Gasteiger partial charge in [-0.15, -0.1) is 0 Å². The SMILES string of the molecule is COc1cc2c(cc1Nc1nc(Nc3ccccc3C(N)=O)c3c(n1)N(S(=O)(=O)c1ccc(C)cc1)CC3)N(C(=O)CN(C)C)CC2. The van der Waals surface area contributed by atoms with Gasteiger partial charge >= 0.3 is 0 Å².